The molecule has 0 radical (unpaired) electrons. The molecule has 7 nitrogen and oxygen atoms in total. The molecule has 0 heterocycles. The SMILES string of the molecule is N#CCCCCNS(=O)(=O)c1cccc(F)c1[N+](=O)[O-]. The molecule has 0 aliphatic rings. The van der Waals surface area contributed by atoms with Crippen LogP contribution in [-0.2, 0) is 10.0 Å². The number of nitriles is 1. The van der Waals surface area contributed by atoms with Crippen LogP contribution in [0.2, 0.25) is 0 Å². The van der Waals surface area contributed by atoms with Crippen molar-refractivity contribution in [1.82, 2.24) is 4.72 Å². The molecule has 0 bridgehead atoms. The number of nitro groups is 1. The highest BCUT2D eigenvalue weighted by Crippen LogP contribution is 2.26. The molecule has 0 aliphatic carbocycles. The Morgan fingerprint density at radius 2 is 2.10 bits per heavy atom. The molecular weight excluding hydrogens is 289 g/mol. The molecule has 0 amide bonds. The van der Waals surface area contributed by atoms with E-state index in [-0.39, 0.29) is 6.54 Å². The number of nitrogens with zero attached hydrogens (tertiary/aromatic N) is 2. The third kappa shape index (κ3) is 3.97. The number of hydrogen-bond acceptors (Lipinski definition) is 5. The van der Waals surface area contributed by atoms with Gasteiger partial charge in [-0.15, -0.1) is 0 Å². The number of unbranched alkanes of at least 4 members (excludes halogenated alkanes) is 2. The predicted octanol–water partition coefficient (Wildman–Crippen LogP) is 1.71. The molecule has 1 rings (SSSR count). The monoisotopic (exact) mass is 301 g/mol. The topological polar surface area (TPSA) is 113 Å². The highest BCUT2D eigenvalue weighted by molar-refractivity contribution is 7.89. The summed E-state index contributed by atoms with van der Waals surface area (Å²) in [6.07, 6.45) is 1.21. The van der Waals surface area contributed by atoms with E-state index in [4.69, 9.17) is 5.26 Å². The van der Waals surface area contributed by atoms with Crippen molar-refractivity contribution in [2.75, 3.05) is 6.54 Å². The van der Waals surface area contributed by atoms with Crippen LogP contribution in [0.4, 0.5) is 10.1 Å². The Morgan fingerprint density at radius 1 is 1.40 bits per heavy atom. The molecule has 0 saturated heterocycles. The number of nitrogens with one attached hydrogen (secondary N) is 1. The Morgan fingerprint density at radius 3 is 2.70 bits per heavy atom. The standard InChI is InChI=1S/C11H12FN3O4S/c12-9-5-4-6-10(11(9)15(16)17)20(18,19)14-8-3-1-2-7-13/h4-6,14H,1-3,8H2. The second kappa shape index (κ2) is 6.93. The van der Waals surface area contributed by atoms with E-state index >= 15 is 0 Å². The first-order chi connectivity index (χ1) is 9.40. The van der Waals surface area contributed by atoms with Crippen LogP contribution >= 0.6 is 0 Å². The number of para-hydroxylation sites is 1. The van der Waals surface area contributed by atoms with Gasteiger partial charge in [-0.1, -0.05) is 6.07 Å². The summed E-state index contributed by atoms with van der Waals surface area (Å²) >= 11 is 0. The lowest BCUT2D eigenvalue weighted by molar-refractivity contribution is -0.390. The van der Waals surface area contributed by atoms with Gasteiger partial charge in [0.05, 0.1) is 11.0 Å². The van der Waals surface area contributed by atoms with Gasteiger partial charge < -0.3 is 0 Å². The highest BCUT2D eigenvalue weighted by atomic mass is 32.2. The fourth-order valence-electron chi connectivity index (χ4n) is 1.50. The van der Waals surface area contributed by atoms with Gasteiger partial charge in [-0.3, -0.25) is 10.1 Å². The normalized spacial score (nSPS) is 11.0. The molecule has 0 spiro atoms. The zero-order chi connectivity index (χ0) is 15.2. The zero-order valence-electron chi connectivity index (χ0n) is 10.4. The van der Waals surface area contributed by atoms with Crippen molar-refractivity contribution in [3.63, 3.8) is 0 Å². The molecule has 0 aromatic heterocycles. The maximum atomic E-state index is 13.4. The van der Waals surface area contributed by atoms with Crippen molar-refractivity contribution in [3.05, 3.63) is 34.1 Å². The molecule has 108 valence electrons. The average Bonchev–Trinajstić information content (AvgIpc) is 2.37. The van der Waals surface area contributed by atoms with Crippen LogP contribution < -0.4 is 4.72 Å². The maximum absolute atomic E-state index is 13.4. The van der Waals surface area contributed by atoms with E-state index in [2.05, 4.69) is 4.72 Å². The number of benzene rings is 1. The molecule has 0 unspecified atom stereocenters. The summed E-state index contributed by atoms with van der Waals surface area (Å²) in [7, 11) is -4.16. The molecule has 0 fully saturated rings. The third-order valence-corrected chi connectivity index (χ3v) is 3.92. The molecule has 1 N–H and O–H groups in total. The molecule has 1 aromatic carbocycles. The molecule has 1 aromatic rings. The van der Waals surface area contributed by atoms with E-state index in [0.29, 0.717) is 19.3 Å². The fourth-order valence-corrected chi connectivity index (χ4v) is 2.76. The number of halogens is 1. The lowest BCUT2D eigenvalue weighted by atomic mass is 10.2. The van der Waals surface area contributed by atoms with Gasteiger partial charge in [-0.2, -0.15) is 9.65 Å². The van der Waals surface area contributed by atoms with E-state index in [0.717, 1.165) is 18.2 Å². The summed E-state index contributed by atoms with van der Waals surface area (Å²) < 4.78 is 39.3. The van der Waals surface area contributed by atoms with Crippen LogP contribution in [0, 0.1) is 27.3 Å². The highest BCUT2D eigenvalue weighted by Gasteiger charge is 2.28. The van der Waals surface area contributed by atoms with E-state index in [1.54, 1.807) is 0 Å². The van der Waals surface area contributed by atoms with Crippen LogP contribution in [0.5, 0.6) is 0 Å². The van der Waals surface area contributed by atoms with Gasteiger partial charge in [0.15, 0.2) is 4.90 Å². The van der Waals surface area contributed by atoms with Crippen LogP contribution in [-0.4, -0.2) is 19.9 Å². The second-order valence-electron chi connectivity index (χ2n) is 3.86. The van der Waals surface area contributed by atoms with Crippen molar-refractivity contribution >= 4 is 15.7 Å². The lowest BCUT2D eigenvalue weighted by Gasteiger charge is -2.07. The smallest absolute Gasteiger partial charge is 0.258 e. The van der Waals surface area contributed by atoms with Gasteiger partial charge in [-0.05, 0) is 25.0 Å². The van der Waals surface area contributed by atoms with E-state index in [1.165, 1.54) is 0 Å². The van der Waals surface area contributed by atoms with E-state index < -0.39 is 31.3 Å². The largest absolute Gasteiger partial charge is 0.324 e. The second-order valence-corrected chi connectivity index (χ2v) is 5.59. The van der Waals surface area contributed by atoms with Gasteiger partial charge in [0.25, 0.3) is 0 Å². The van der Waals surface area contributed by atoms with Gasteiger partial charge >= 0.3 is 5.69 Å². The maximum Gasteiger partial charge on any atom is 0.324 e. The molecule has 9 heteroatoms. The zero-order valence-corrected chi connectivity index (χ0v) is 11.2. The molecule has 0 saturated carbocycles. The Labute approximate surface area is 115 Å². The van der Waals surface area contributed by atoms with Gasteiger partial charge in [0.1, 0.15) is 0 Å². The quantitative estimate of drug-likeness (QED) is 0.468. The van der Waals surface area contributed by atoms with E-state index in [9.17, 15) is 22.9 Å². The van der Waals surface area contributed by atoms with Crippen molar-refractivity contribution < 1.29 is 17.7 Å². The molecule has 0 aliphatic heterocycles. The molecular formula is C11H12FN3O4S. The Balaban J connectivity index is 2.91. The van der Waals surface area contributed by atoms with Gasteiger partial charge in [0, 0.05) is 13.0 Å². The Hall–Kier alpha value is -2.05. The summed E-state index contributed by atoms with van der Waals surface area (Å²) in [6.45, 7) is 0.0255. The van der Waals surface area contributed by atoms with E-state index in [1.807, 2.05) is 6.07 Å². The number of sulfonamides is 1. The summed E-state index contributed by atoms with van der Waals surface area (Å²) in [6, 6.07) is 4.80. The van der Waals surface area contributed by atoms with Crippen LogP contribution in [0.15, 0.2) is 23.1 Å². The first-order valence-corrected chi connectivity index (χ1v) is 7.18. The Kier molecular flexibility index (Phi) is 5.54. The van der Waals surface area contributed by atoms with Crippen molar-refractivity contribution in [2.24, 2.45) is 0 Å². The lowest BCUT2D eigenvalue weighted by Crippen LogP contribution is -2.25. The predicted molar refractivity (Wildman–Crippen MR) is 67.7 cm³/mol. The summed E-state index contributed by atoms with van der Waals surface area (Å²) in [5.41, 5.74) is -1.07. The van der Waals surface area contributed by atoms with Crippen LogP contribution in [0.3, 0.4) is 0 Å². The van der Waals surface area contributed by atoms with Crippen molar-refractivity contribution in [1.29, 1.82) is 5.26 Å². The molecule has 0 atom stereocenters. The minimum absolute atomic E-state index is 0.0255. The number of hydrogen-bond donors (Lipinski definition) is 1. The third-order valence-electron chi connectivity index (χ3n) is 2.43. The first kappa shape index (κ1) is 16.0. The fraction of sp³-hybridized carbons (Fsp3) is 0.364. The van der Waals surface area contributed by atoms with Crippen molar-refractivity contribution in [3.8, 4) is 6.07 Å². The minimum atomic E-state index is -4.16. The average molecular weight is 301 g/mol. The van der Waals surface area contributed by atoms with Crippen molar-refractivity contribution in [2.45, 2.75) is 24.2 Å². The first-order valence-electron chi connectivity index (χ1n) is 5.69. The number of rotatable bonds is 7. The number of nitro benzene ring substituents is 1. The van der Waals surface area contributed by atoms with Crippen LogP contribution in [0.25, 0.3) is 0 Å². The van der Waals surface area contributed by atoms with Gasteiger partial charge in [-0.25, -0.2) is 13.1 Å². The summed E-state index contributed by atoms with van der Waals surface area (Å²) in [4.78, 5) is 8.97. The minimum Gasteiger partial charge on any atom is -0.258 e. The van der Waals surface area contributed by atoms with Crippen LogP contribution in [0.1, 0.15) is 19.3 Å². The summed E-state index contributed by atoms with van der Waals surface area (Å²) in [5.74, 6) is -1.21. The Bertz CT molecular complexity index is 640. The molecule has 20 heavy (non-hydrogen) atoms. The van der Waals surface area contributed by atoms with Gasteiger partial charge in [0.2, 0.25) is 15.8 Å². The summed E-state index contributed by atoms with van der Waals surface area (Å²) in [5, 5.41) is 19.1.